The van der Waals surface area contributed by atoms with Gasteiger partial charge in [-0.15, -0.1) is 0 Å². The van der Waals surface area contributed by atoms with Crippen LogP contribution in [0.3, 0.4) is 0 Å². The number of anilines is 1. The summed E-state index contributed by atoms with van der Waals surface area (Å²) in [7, 11) is 0. The molecule has 1 aromatic carbocycles. The fourth-order valence-electron chi connectivity index (χ4n) is 3.16. The first-order valence-electron chi connectivity index (χ1n) is 7.37. The molecule has 1 atom stereocenters. The zero-order valence-corrected chi connectivity index (χ0v) is 11.5. The average Bonchev–Trinajstić information content (AvgIpc) is 2.85. The summed E-state index contributed by atoms with van der Waals surface area (Å²) in [5, 5.41) is 6.54. The van der Waals surface area contributed by atoms with E-state index in [9.17, 15) is 4.79 Å². The molecule has 1 fully saturated rings. The average molecular weight is 258 g/mol. The summed E-state index contributed by atoms with van der Waals surface area (Å²) in [6, 6.07) is 8.48. The van der Waals surface area contributed by atoms with E-state index in [1.54, 1.807) is 0 Å². The number of hydrogen-bond acceptors (Lipinski definition) is 2. The van der Waals surface area contributed by atoms with Gasteiger partial charge >= 0.3 is 0 Å². The summed E-state index contributed by atoms with van der Waals surface area (Å²) < 4.78 is 0. The van der Waals surface area contributed by atoms with Crippen LogP contribution >= 0.6 is 0 Å². The fraction of sp³-hybridized carbons (Fsp3) is 0.562. The van der Waals surface area contributed by atoms with Crippen molar-refractivity contribution in [1.29, 1.82) is 0 Å². The van der Waals surface area contributed by atoms with E-state index in [0.717, 1.165) is 30.9 Å². The molecular weight excluding hydrogens is 236 g/mol. The van der Waals surface area contributed by atoms with Gasteiger partial charge in [-0.3, -0.25) is 4.79 Å². The SMILES string of the molecule is CC1CCC(NC(=O)C2Cc3ccccc3N2)CC1. The summed E-state index contributed by atoms with van der Waals surface area (Å²) in [5.74, 6) is 0.984. The number of amides is 1. The normalized spacial score (nSPS) is 29.4. The van der Waals surface area contributed by atoms with Gasteiger partial charge in [0.25, 0.3) is 0 Å². The van der Waals surface area contributed by atoms with Crippen LogP contribution in [-0.2, 0) is 11.2 Å². The number of fused-ring (bicyclic) bond motifs is 1. The summed E-state index contributed by atoms with van der Waals surface area (Å²) in [6.45, 7) is 2.30. The highest BCUT2D eigenvalue weighted by molar-refractivity contribution is 5.87. The number of hydrogen-bond donors (Lipinski definition) is 2. The smallest absolute Gasteiger partial charge is 0.243 e. The van der Waals surface area contributed by atoms with Gasteiger partial charge in [0.05, 0.1) is 0 Å². The molecule has 1 aliphatic heterocycles. The molecule has 1 aliphatic carbocycles. The molecule has 2 aliphatic rings. The molecule has 0 spiro atoms. The van der Waals surface area contributed by atoms with Crippen LogP contribution in [-0.4, -0.2) is 18.0 Å². The fourth-order valence-corrected chi connectivity index (χ4v) is 3.16. The second-order valence-electron chi connectivity index (χ2n) is 6.02. The van der Waals surface area contributed by atoms with E-state index in [4.69, 9.17) is 0 Å². The molecular formula is C16H22N2O. The molecule has 3 nitrogen and oxygen atoms in total. The maximum atomic E-state index is 12.3. The number of para-hydroxylation sites is 1. The van der Waals surface area contributed by atoms with E-state index in [1.807, 2.05) is 18.2 Å². The Balaban J connectivity index is 1.55. The Bertz CT molecular complexity index is 439. The number of benzene rings is 1. The minimum absolute atomic E-state index is 0.0863. The second kappa shape index (κ2) is 5.24. The third-order valence-electron chi connectivity index (χ3n) is 4.45. The number of rotatable bonds is 2. The molecule has 2 N–H and O–H groups in total. The van der Waals surface area contributed by atoms with Gasteiger partial charge in [0.15, 0.2) is 0 Å². The van der Waals surface area contributed by atoms with Gasteiger partial charge in [-0.2, -0.15) is 0 Å². The van der Waals surface area contributed by atoms with Gasteiger partial charge < -0.3 is 10.6 Å². The standard InChI is InChI=1S/C16H22N2O/c1-11-6-8-13(9-7-11)17-16(19)15-10-12-4-2-3-5-14(12)18-15/h2-5,11,13,15,18H,6-10H2,1H3,(H,17,19). The van der Waals surface area contributed by atoms with Gasteiger partial charge in [-0.25, -0.2) is 0 Å². The number of carbonyl (C=O) groups is 1. The molecule has 1 heterocycles. The minimum atomic E-state index is -0.0863. The zero-order chi connectivity index (χ0) is 13.2. The van der Waals surface area contributed by atoms with Crippen molar-refractivity contribution in [2.45, 2.75) is 51.1 Å². The Labute approximate surface area is 114 Å². The van der Waals surface area contributed by atoms with Crippen LogP contribution < -0.4 is 10.6 Å². The molecule has 0 radical (unpaired) electrons. The van der Waals surface area contributed by atoms with Gasteiger partial charge in [0.2, 0.25) is 5.91 Å². The van der Waals surface area contributed by atoms with Crippen LogP contribution in [0.1, 0.15) is 38.2 Å². The van der Waals surface area contributed by atoms with E-state index >= 15 is 0 Å². The van der Waals surface area contributed by atoms with E-state index in [1.165, 1.54) is 18.4 Å². The van der Waals surface area contributed by atoms with Crippen molar-refractivity contribution in [2.75, 3.05) is 5.32 Å². The molecule has 0 saturated heterocycles. The van der Waals surface area contributed by atoms with Gasteiger partial charge in [0.1, 0.15) is 6.04 Å². The van der Waals surface area contributed by atoms with Crippen LogP contribution in [0.4, 0.5) is 5.69 Å². The Morgan fingerprint density at radius 1 is 1.21 bits per heavy atom. The quantitative estimate of drug-likeness (QED) is 0.856. The summed E-state index contributed by atoms with van der Waals surface area (Å²) in [5.41, 5.74) is 2.36. The van der Waals surface area contributed by atoms with Crippen molar-refractivity contribution >= 4 is 11.6 Å². The van der Waals surface area contributed by atoms with Crippen LogP contribution in [0.2, 0.25) is 0 Å². The van der Waals surface area contributed by atoms with Crippen molar-refractivity contribution in [3.8, 4) is 0 Å². The Hall–Kier alpha value is -1.51. The van der Waals surface area contributed by atoms with Crippen LogP contribution in [0.5, 0.6) is 0 Å². The molecule has 0 aromatic heterocycles. The van der Waals surface area contributed by atoms with Crippen molar-refractivity contribution in [1.82, 2.24) is 5.32 Å². The molecule has 1 aromatic rings. The lowest BCUT2D eigenvalue weighted by molar-refractivity contribution is -0.122. The predicted octanol–water partition coefficient (Wildman–Crippen LogP) is 2.72. The lowest BCUT2D eigenvalue weighted by Gasteiger charge is -2.28. The molecule has 0 bridgehead atoms. The van der Waals surface area contributed by atoms with Crippen molar-refractivity contribution in [3.05, 3.63) is 29.8 Å². The molecule has 1 amide bonds. The highest BCUT2D eigenvalue weighted by Crippen LogP contribution is 2.26. The predicted molar refractivity (Wildman–Crippen MR) is 77.1 cm³/mol. The molecule has 1 unspecified atom stereocenters. The first-order valence-corrected chi connectivity index (χ1v) is 7.37. The van der Waals surface area contributed by atoms with Crippen molar-refractivity contribution < 1.29 is 4.79 Å². The molecule has 3 heteroatoms. The van der Waals surface area contributed by atoms with Crippen molar-refractivity contribution in [3.63, 3.8) is 0 Å². The highest BCUT2D eigenvalue weighted by atomic mass is 16.2. The van der Waals surface area contributed by atoms with E-state index in [0.29, 0.717) is 6.04 Å². The van der Waals surface area contributed by atoms with Gasteiger partial charge in [-0.05, 0) is 43.2 Å². The lowest BCUT2D eigenvalue weighted by atomic mass is 9.87. The lowest BCUT2D eigenvalue weighted by Crippen LogP contribution is -2.45. The molecule has 102 valence electrons. The summed E-state index contributed by atoms with van der Waals surface area (Å²) in [4.78, 5) is 12.3. The summed E-state index contributed by atoms with van der Waals surface area (Å²) >= 11 is 0. The van der Waals surface area contributed by atoms with Crippen LogP contribution in [0.25, 0.3) is 0 Å². The summed E-state index contributed by atoms with van der Waals surface area (Å²) in [6.07, 6.45) is 5.55. The topological polar surface area (TPSA) is 41.1 Å². The largest absolute Gasteiger partial charge is 0.373 e. The van der Waals surface area contributed by atoms with Gasteiger partial charge in [-0.1, -0.05) is 25.1 Å². The van der Waals surface area contributed by atoms with E-state index in [2.05, 4.69) is 23.6 Å². The number of nitrogens with one attached hydrogen (secondary N) is 2. The maximum Gasteiger partial charge on any atom is 0.243 e. The first kappa shape index (κ1) is 12.5. The zero-order valence-electron chi connectivity index (χ0n) is 11.5. The Morgan fingerprint density at radius 2 is 1.95 bits per heavy atom. The molecule has 19 heavy (non-hydrogen) atoms. The van der Waals surface area contributed by atoms with Crippen LogP contribution in [0, 0.1) is 5.92 Å². The number of carbonyl (C=O) groups excluding carboxylic acids is 1. The Morgan fingerprint density at radius 3 is 2.68 bits per heavy atom. The van der Waals surface area contributed by atoms with Gasteiger partial charge in [0, 0.05) is 18.2 Å². The van der Waals surface area contributed by atoms with E-state index < -0.39 is 0 Å². The monoisotopic (exact) mass is 258 g/mol. The third-order valence-corrected chi connectivity index (χ3v) is 4.45. The third kappa shape index (κ3) is 2.75. The first-order chi connectivity index (χ1) is 9.22. The van der Waals surface area contributed by atoms with Crippen molar-refractivity contribution in [2.24, 2.45) is 5.92 Å². The van der Waals surface area contributed by atoms with Crippen LogP contribution in [0.15, 0.2) is 24.3 Å². The molecule has 1 saturated carbocycles. The molecule has 3 rings (SSSR count). The maximum absolute atomic E-state index is 12.3. The van der Waals surface area contributed by atoms with E-state index in [-0.39, 0.29) is 11.9 Å². The second-order valence-corrected chi connectivity index (χ2v) is 6.02. The minimum Gasteiger partial charge on any atom is -0.373 e. The Kier molecular flexibility index (Phi) is 3.45. The highest BCUT2D eigenvalue weighted by Gasteiger charge is 2.28.